The minimum atomic E-state index is -1.87. The van der Waals surface area contributed by atoms with Gasteiger partial charge < -0.3 is 0 Å². The highest BCUT2D eigenvalue weighted by molar-refractivity contribution is 6.25. The summed E-state index contributed by atoms with van der Waals surface area (Å²) >= 11 is 5.22. The Morgan fingerprint density at radius 3 is 3.00 bits per heavy atom. The van der Waals surface area contributed by atoms with E-state index < -0.39 is 11.5 Å². The number of hydrogen-bond acceptors (Lipinski definition) is 0. The molecule has 3 heteroatoms. The molecule has 0 nitrogen and oxygen atoms in total. The molecule has 0 aliphatic heterocycles. The van der Waals surface area contributed by atoms with Gasteiger partial charge >= 0.3 is 0 Å². The molecule has 66 valence electrons. The molecule has 0 aromatic carbocycles. The predicted octanol–water partition coefficient (Wildman–Crippen LogP) is 3.65. The maximum atomic E-state index is 13.5. The van der Waals surface area contributed by atoms with Crippen LogP contribution in [-0.2, 0) is 0 Å². The summed E-state index contributed by atoms with van der Waals surface area (Å²) in [5.74, 6) is -0.722. The van der Waals surface area contributed by atoms with Crippen LogP contribution < -0.4 is 0 Å². The van der Waals surface area contributed by atoms with Crippen molar-refractivity contribution in [3.63, 3.8) is 0 Å². The highest BCUT2D eigenvalue weighted by Gasteiger charge is 2.33. The summed E-state index contributed by atoms with van der Waals surface area (Å²) in [6, 6.07) is 0. The zero-order valence-corrected chi connectivity index (χ0v) is 7.19. The van der Waals surface area contributed by atoms with Gasteiger partial charge in [0.1, 0.15) is 5.83 Å². The first kappa shape index (κ1) is 9.46. The zero-order valence-electron chi connectivity index (χ0n) is 6.43. The molecule has 0 aromatic rings. The van der Waals surface area contributed by atoms with E-state index in [0.29, 0.717) is 0 Å². The van der Waals surface area contributed by atoms with Crippen LogP contribution in [0.25, 0.3) is 0 Å². The lowest BCUT2D eigenvalue weighted by Crippen LogP contribution is -2.23. The molecule has 1 aliphatic rings. The molecular formula is C9H9ClF2. The number of hydrogen-bond donors (Lipinski definition) is 0. The Bertz CT molecular complexity index is 243. The average molecular weight is 191 g/mol. The smallest absolute Gasteiger partial charge is 0.168 e. The van der Waals surface area contributed by atoms with Crippen LogP contribution in [0.5, 0.6) is 0 Å². The molecule has 1 unspecified atom stereocenters. The van der Waals surface area contributed by atoms with Gasteiger partial charge in [-0.2, -0.15) is 0 Å². The maximum Gasteiger partial charge on any atom is 0.168 e. The summed E-state index contributed by atoms with van der Waals surface area (Å²) in [7, 11) is 0. The van der Waals surface area contributed by atoms with Gasteiger partial charge in [-0.15, -0.1) is 0 Å². The minimum Gasteiger partial charge on any atom is -0.235 e. The molecule has 0 bridgehead atoms. The van der Waals surface area contributed by atoms with E-state index in [4.69, 9.17) is 11.6 Å². The SMILES string of the molecule is FC1=CC=CCC1(F)CC=CCl. The van der Waals surface area contributed by atoms with Gasteiger partial charge in [0.05, 0.1) is 0 Å². The van der Waals surface area contributed by atoms with E-state index in [2.05, 4.69) is 0 Å². The van der Waals surface area contributed by atoms with Crippen molar-refractivity contribution < 1.29 is 8.78 Å². The Kier molecular flexibility index (Phi) is 3.04. The van der Waals surface area contributed by atoms with Crippen molar-refractivity contribution in [2.24, 2.45) is 0 Å². The second-order valence-electron chi connectivity index (χ2n) is 2.68. The first-order valence-corrected chi connectivity index (χ1v) is 4.09. The van der Waals surface area contributed by atoms with Crippen LogP contribution in [0.3, 0.4) is 0 Å². The average Bonchev–Trinajstić information content (AvgIpc) is 2.07. The van der Waals surface area contributed by atoms with Crippen molar-refractivity contribution >= 4 is 11.6 Å². The normalized spacial score (nSPS) is 29.4. The number of allylic oxidation sites excluding steroid dienone is 5. The van der Waals surface area contributed by atoms with Gasteiger partial charge in [-0.1, -0.05) is 29.8 Å². The fourth-order valence-corrected chi connectivity index (χ4v) is 1.16. The third kappa shape index (κ3) is 1.95. The molecule has 0 amide bonds. The summed E-state index contributed by atoms with van der Waals surface area (Å²) in [5, 5.41) is 0. The first-order chi connectivity index (χ1) is 5.69. The van der Waals surface area contributed by atoms with Gasteiger partial charge in [-0.05, 0) is 6.08 Å². The van der Waals surface area contributed by atoms with Crippen molar-refractivity contribution in [2.45, 2.75) is 18.5 Å². The molecule has 0 radical (unpaired) electrons. The Morgan fingerprint density at radius 2 is 2.42 bits per heavy atom. The van der Waals surface area contributed by atoms with Gasteiger partial charge in [0.25, 0.3) is 0 Å². The second kappa shape index (κ2) is 3.85. The lowest BCUT2D eigenvalue weighted by Gasteiger charge is -2.22. The van der Waals surface area contributed by atoms with Gasteiger partial charge in [0.15, 0.2) is 5.67 Å². The second-order valence-corrected chi connectivity index (χ2v) is 2.93. The molecule has 0 saturated carbocycles. The van der Waals surface area contributed by atoms with Crippen molar-refractivity contribution in [3.8, 4) is 0 Å². The van der Waals surface area contributed by atoms with Gasteiger partial charge in [-0.25, -0.2) is 8.78 Å². The Hall–Kier alpha value is -0.630. The fraction of sp³-hybridized carbons (Fsp3) is 0.333. The summed E-state index contributed by atoms with van der Waals surface area (Å²) in [4.78, 5) is 0. The standard InChI is InChI=1S/C9H9ClF2/c10-7-3-6-9(12)5-2-1-4-8(9)11/h1-4,7H,5-6H2. The topological polar surface area (TPSA) is 0 Å². The third-order valence-corrected chi connectivity index (χ3v) is 1.96. The Morgan fingerprint density at radius 1 is 1.67 bits per heavy atom. The summed E-state index contributed by atoms with van der Waals surface area (Å²) in [6.45, 7) is 0. The van der Waals surface area contributed by atoms with Crippen molar-refractivity contribution in [1.82, 2.24) is 0 Å². The highest BCUT2D eigenvalue weighted by Crippen LogP contribution is 2.34. The predicted molar refractivity (Wildman–Crippen MR) is 46.4 cm³/mol. The quantitative estimate of drug-likeness (QED) is 0.624. The molecule has 0 saturated heterocycles. The first-order valence-electron chi connectivity index (χ1n) is 3.66. The number of alkyl halides is 1. The van der Waals surface area contributed by atoms with Gasteiger partial charge in [0, 0.05) is 18.4 Å². The number of halogens is 3. The van der Waals surface area contributed by atoms with Crippen molar-refractivity contribution in [1.29, 1.82) is 0 Å². The van der Waals surface area contributed by atoms with Crippen LogP contribution in [0, 0.1) is 0 Å². The van der Waals surface area contributed by atoms with Crippen molar-refractivity contribution in [3.05, 3.63) is 35.7 Å². The van der Waals surface area contributed by atoms with Crippen LogP contribution in [0.1, 0.15) is 12.8 Å². The fourth-order valence-electron chi connectivity index (χ4n) is 1.07. The van der Waals surface area contributed by atoms with E-state index >= 15 is 0 Å². The summed E-state index contributed by atoms with van der Waals surface area (Å²) in [5.41, 5.74) is -0.674. The highest BCUT2D eigenvalue weighted by atomic mass is 35.5. The summed E-state index contributed by atoms with van der Waals surface area (Å²) < 4.78 is 26.5. The van der Waals surface area contributed by atoms with E-state index in [9.17, 15) is 8.78 Å². The molecule has 0 heterocycles. The van der Waals surface area contributed by atoms with Crippen LogP contribution in [0.2, 0.25) is 0 Å². The molecule has 12 heavy (non-hydrogen) atoms. The van der Waals surface area contributed by atoms with E-state index in [1.807, 2.05) is 0 Å². The van der Waals surface area contributed by atoms with Crippen LogP contribution >= 0.6 is 11.6 Å². The van der Waals surface area contributed by atoms with Crippen molar-refractivity contribution in [2.75, 3.05) is 0 Å². The maximum absolute atomic E-state index is 13.5. The number of rotatable bonds is 2. The van der Waals surface area contributed by atoms with E-state index in [0.717, 1.165) is 6.08 Å². The largest absolute Gasteiger partial charge is 0.235 e. The third-order valence-electron chi connectivity index (χ3n) is 1.78. The van der Waals surface area contributed by atoms with E-state index in [-0.39, 0.29) is 12.8 Å². The van der Waals surface area contributed by atoms with Gasteiger partial charge in [0.2, 0.25) is 0 Å². The molecular weight excluding hydrogens is 182 g/mol. The van der Waals surface area contributed by atoms with Crippen LogP contribution in [0.4, 0.5) is 8.78 Å². The van der Waals surface area contributed by atoms with Crippen LogP contribution in [-0.4, -0.2) is 5.67 Å². The monoisotopic (exact) mass is 190 g/mol. The molecule has 0 fully saturated rings. The molecule has 1 aliphatic carbocycles. The Labute approximate surface area is 75.2 Å². The molecule has 1 rings (SSSR count). The van der Waals surface area contributed by atoms with E-state index in [1.54, 1.807) is 6.08 Å². The lowest BCUT2D eigenvalue weighted by molar-refractivity contribution is 0.178. The summed E-state index contributed by atoms with van der Waals surface area (Å²) in [6.07, 6.45) is 5.74. The molecule has 1 atom stereocenters. The lowest BCUT2D eigenvalue weighted by atomic mass is 9.92. The molecule has 0 aromatic heterocycles. The van der Waals surface area contributed by atoms with E-state index in [1.165, 1.54) is 17.7 Å². The Balaban J connectivity index is 2.71. The minimum absolute atomic E-state index is 0.0107. The van der Waals surface area contributed by atoms with Gasteiger partial charge in [-0.3, -0.25) is 0 Å². The zero-order chi connectivity index (χ0) is 9.03. The molecule has 0 N–H and O–H groups in total. The van der Waals surface area contributed by atoms with Crippen LogP contribution in [0.15, 0.2) is 35.7 Å². The molecule has 0 spiro atoms.